The molecule has 1 amide bonds. The molecule has 5 nitrogen and oxygen atoms in total. The van der Waals surface area contributed by atoms with Crippen LogP contribution in [0.25, 0.3) is 0 Å². The highest BCUT2D eigenvalue weighted by Gasteiger charge is 2.34. The fourth-order valence-corrected chi connectivity index (χ4v) is 2.04. The molecule has 1 aromatic rings. The van der Waals surface area contributed by atoms with E-state index >= 15 is 0 Å². The van der Waals surface area contributed by atoms with E-state index in [1.807, 2.05) is 0 Å². The highest BCUT2D eigenvalue weighted by Crippen LogP contribution is 2.31. The van der Waals surface area contributed by atoms with Crippen LogP contribution in [-0.2, 0) is 22.3 Å². The number of carbonyl (C=O) groups excluding carboxylic acids is 1. The molecule has 2 rings (SSSR count). The summed E-state index contributed by atoms with van der Waals surface area (Å²) in [6, 6.07) is 1.62. The molecule has 1 aromatic heterocycles. The van der Waals surface area contributed by atoms with E-state index in [2.05, 4.69) is 10.3 Å². The molecule has 0 aromatic carbocycles. The van der Waals surface area contributed by atoms with Crippen LogP contribution in [0.2, 0.25) is 0 Å². The van der Waals surface area contributed by atoms with Crippen molar-refractivity contribution < 1.29 is 27.4 Å². The van der Waals surface area contributed by atoms with Gasteiger partial charge >= 0.3 is 12.3 Å². The zero-order valence-corrected chi connectivity index (χ0v) is 12.5. The summed E-state index contributed by atoms with van der Waals surface area (Å²) < 4.78 is 48.3. The Bertz CT molecular complexity index is 567. The van der Waals surface area contributed by atoms with Crippen molar-refractivity contribution in [3.05, 3.63) is 29.1 Å². The van der Waals surface area contributed by atoms with Gasteiger partial charge < -0.3 is 14.8 Å². The van der Waals surface area contributed by atoms with Crippen LogP contribution in [0, 0.1) is 0 Å². The SMILES string of the molecule is CC(C)(C)OC(=O)NC1COCc2nc(C(F)(F)F)ccc21. The lowest BCUT2D eigenvalue weighted by molar-refractivity contribution is -0.141. The van der Waals surface area contributed by atoms with Gasteiger partial charge in [-0.2, -0.15) is 13.2 Å². The monoisotopic (exact) mass is 318 g/mol. The third-order valence-corrected chi connectivity index (χ3v) is 2.89. The maximum absolute atomic E-state index is 12.7. The molecule has 0 saturated carbocycles. The first-order valence-corrected chi connectivity index (χ1v) is 6.70. The Kier molecular flexibility index (Phi) is 4.32. The highest BCUT2D eigenvalue weighted by atomic mass is 19.4. The predicted octanol–water partition coefficient (Wildman–Crippen LogP) is 3.20. The summed E-state index contributed by atoms with van der Waals surface area (Å²) in [6.07, 6.45) is -5.17. The van der Waals surface area contributed by atoms with E-state index in [4.69, 9.17) is 9.47 Å². The van der Waals surface area contributed by atoms with Crippen molar-refractivity contribution in [2.45, 2.75) is 45.2 Å². The maximum Gasteiger partial charge on any atom is 0.433 e. The molecular weight excluding hydrogens is 301 g/mol. The molecule has 0 aliphatic carbocycles. The lowest BCUT2D eigenvalue weighted by Crippen LogP contribution is -2.38. The number of alkyl carbamates (subject to hydrolysis) is 1. The van der Waals surface area contributed by atoms with E-state index < -0.39 is 29.6 Å². The van der Waals surface area contributed by atoms with E-state index in [0.717, 1.165) is 6.07 Å². The molecule has 0 spiro atoms. The Morgan fingerprint density at radius 2 is 2.05 bits per heavy atom. The molecule has 122 valence electrons. The number of carbonyl (C=O) groups is 1. The molecule has 1 unspecified atom stereocenters. The van der Waals surface area contributed by atoms with E-state index in [-0.39, 0.29) is 18.9 Å². The van der Waals surface area contributed by atoms with E-state index in [9.17, 15) is 18.0 Å². The number of hydrogen-bond donors (Lipinski definition) is 1. The highest BCUT2D eigenvalue weighted by molar-refractivity contribution is 5.68. The fraction of sp³-hybridized carbons (Fsp3) is 0.571. The summed E-state index contributed by atoms with van der Waals surface area (Å²) in [5, 5.41) is 2.58. The van der Waals surface area contributed by atoms with Gasteiger partial charge in [0.2, 0.25) is 0 Å². The number of alkyl halides is 3. The number of hydrogen-bond acceptors (Lipinski definition) is 4. The van der Waals surface area contributed by atoms with Gasteiger partial charge in [-0.25, -0.2) is 9.78 Å². The maximum atomic E-state index is 12.7. The zero-order valence-electron chi connectivity index (χ0n) is 12.5. The topological polar surface area (TPSA) is 60.5 Å². The van der Waals surface area contributed by atoms with Crippen LogP contribution < -0.4 is 5.32 Å². The third-order valence-electron chi connectivity index (χ3n) is 2.89. The average molecular weight is 318 g/mol. The van der Waals surface area contributed by atoms with Gasteiger partial charge in [-0.1, -0.05) is 6.07 Å². The van der Waals surface area contributed by atoms with Gasteiger partial charge in [0, 0.05) is 5.56 Å². The van der Waals surface area contributed by atoms with Crippen molar-refractivity contribution >= 4 is 6.09 Å². The second-order valence-electron chi connectivity index (χ2n) is 5.94. The smallest absolute Gasteiger partial charge is 0.433 e. The number of halogens is 3. The zero-order chi connectivity index (χ0) is 16.5. The van der Waals surface area contributed by atoms with Gasteiger partial charge in [-0.05, 0) is 26.8 Å². The van der Waals surface area contributed by atoms with E-state index in [1.165, 1.54) is 6.07 Å². The molecule has 1 aliphatic heterocycles. The van der Waals surface area contributed by atoms with Gasteiger partial charge in [0.15, 0.2) is 0 Å². The Morgan fingerprint density at radius 3 is 2.64 bits per heavy atom. The van der Waals surface area contributed by atoms with Crippen molar-refractivity contribution in [2.75, 3.05) is 6.61 Å². The summed E-state index contributed by atoms with van der Waals surface area (Å²) in [6.45, 7) is 5.28. The van der Waals surface area contributed by atoms with Crippen LogP contribution in [0.1, 0.15) is 43.8 Å². The van der Waals surface area contributed by atoms with Gasteiger partial charge in [0.05, 0.1) is 24.9 Å². The van der Waals surface area contributed by atoms with Gasteiger partial charge in [-0.3, -0.25) is 0 Å². The summed E-state index contributed by atoms with van der Waals surface area (Å²) in [7, 11) is 0. The molecule has 22 heavy (non-hydrogen) atoms. The second-order valence-corrected chi connectivity index (χ2v) is 5.94. The van der Waals surface area contributed by atoms with Crippen LogP contribution >= 0.6 is 0 Å². The second kappa shape index (κ2) is 5.75. The van der Waals surface area contributed by atoms with Gasteiger partial charge in [0.1, 0.15) is 11.3 Å². The molecule has 0 bridgehead atoms. The van der Waals surface area contributed by atoms with Gasteiger partial charge in [-0.15, -0.1) is 0 Å². The number of nitrogens with one attached hydrogen (secondary N) is 1. The molecule has 0 saturated heterocycles. The lowest BCUT2D eigenvalue weighted by atomic mass is 10.0. The van der Waals surface area contributed by atoms with Crippen molar-refractivity contribution in [3.63, 3.8) is 0 Å². The first kappa shape index (κ1) is 16.5. The van der Waals surface area contributed by atoms with Crippen LogP contribution in [0.3, 0.4) is 0 Å². The molecule has 0 fully saturated rings. The van der Waals surface area contributed by atoms with Crippen LogP contribution in [0.4, 0.5) is 18.0 Å². The van der Waals surface area contributed by atoms with Crippen LogP contribution in [-0.4, -0.2) is 23.3 Å². The van der Waals surface area contributed by atoms with Crippen LogP contribution in [0.15, 0.2) is 12.1 Å². The standard InChI is InChI=1S/C14H17F3N2O3/c1-13(2,3)22-12(20)19-10-7-21-6-9-8(10)4-5-11(18-9)14(15,16)17/h4-5,10H,6-7H2,1-3H3,(H,19,20). The average Bonchev–Trinajstić information content (AvgIpc) is 2.35. The fourth-order valence-electron chi connectivity index (χ4n) is 2.04. The molecule has 0 radical (unpaired) electrons. The number of nitrogens with zero attached hydrogens (tertiary/aromatic N) is 1. The number of pyridine rings is 1. The normalized spacial score (nSPS) is 18.5. The van der Waals surface area contributed by atoms with E-state index in [0.29, 0.717) is 5.56 Å². The number of aromatic nitrogens is 1. The number of amides is 1. The summed E-state index contributed by atoms with van der Waals surface area (Å²) in [5.74, 6) is 0. The minimum absolute atomic E-state index is 0.0221. The van der Waals surface area contributed by atoms with E-state index in [1.54, 1.807) is 20.8 Å². The molecule has 2 heterocycles. The third kappa shape index (κ3) is 4.09. The Labute approximate surface area is 125 Å². The largest absolute Gasteiger partial charge is 0.444 e. The lowest BCUT2D eigenvalue weighted by Gasteiger charge is -2.28. The number of rotatable bonds is 1. The van der Waals surface area contributed by atoms with Crippen LogP contribution in [0.5, 0.6) is 0 Å². The Balaban J connectivity index is 2.17. The van der Waals surface area contributed by atoms with Gasteiger partial charge in [0.25, 0.3) is 0 Å². The first-order valence-electron chi connectivity index (χ1n) is 6.70. The summed E-state index contributed by atoms with van der Waals surface area (Å²) in [5.41, 5.74) is -0.971. The quantitative estimate of drug-likeness (QED) is 0.864. The molecule has 1 aliphatic rings. The van der Waals surface area contributed by atoms with Crippen molar-refractivity contribution in [1.29, 1.82) is 0 Å². The number of fused-ring (bicyclic) bond motifs is 1. The number of ether oxygens (including phenoxy) is 2. The molecule has 8 heteroatoms. The van der Waals surface area contributed by atoms with Crippen molar-refractivity contribution in [2.24, 2.45) is 0 Å². The Morgan fingerprint density at radius 1 is 1.36 bits per heavy atom. The van der Waals surface area contributed by atoms with Crippen molar-refractivity contribution in [3.8, 4) is 0 Å². The van der Waals surface area contributed by atoms with Crippen molar-refractivity contribution in [1.82, 2.24) is 10.3 Å². The molecule has 1 atom stereocenters. The summed E-state index contributed by atoms with van der Waals surface area (Å²) >= 11 is 0. The minimum atomic E-state index is -4.51. The summed E-state index contributed by atoms with van der Waals surface area (Å²) in [4.78, 5) is 15.3. The molecule has 1 N–H and O–H groups in total. The first-order chi connectivity index (χ1) is 10.1. The molecular formula is C14H17F3N2O3. The predicted molar refractivity (Wildman–Crippen MR) is 71.0 cm³/mol. The minimum Gasteiger partial charge on any atom is -0.444 e. The Hall–Kier alpha value is -1.83.